The topological polar surface area (TPSA) is 96.0 Å². The van der Waals surface area contributed by atoms with Crippen LogP contribution in [0.2, 0.25) is 0 Å². The van der Waals surface area contributed by atoms with Crippen LogP contribution in [0.25, 0.3) is 11.1 Å². The fourth-order valence-corrected chi connectivity index (χ4v) is 5.30. The third-order valence-corrected chi connectivity index (χ3v) is 7.00. The van der Waals surface area contributed by atoms with E-state index < -0.39 is 16.8 Å². The molecule has 2 aromatic carbocycles. The summed E-state index contributed by atoms with van der Waals surface area (Å²) in [5, 5.41) is 11.5. The Morgan fingerprint density at radius 3 is 2.33 bits per heavy atom. The van der Waals surface area contributed by atoms with Crippen LogP contribution in [0, 0.1) is 11.3 Å². The molecule has 30 heavy (non-hydrogen) atoms. The first-order valence-corrected chi connectivity index (χ1v) is 11.8. The lowest BCUT2D eigenvalue weighted by Gasteiger charge is -2.14. The van der Waals surface area contributed by atoms with Crippen molar-refractivity contribution in [3.05, 3.63) is 59.2 Å². The molecule has 0 spiro atoms. The second-order valence-corrected chi connectivity index (χ2v) is 9.90. The smallest absolute Gasteiger partial charge is 0.208 e. The number of fused-ring (bicyclic) bond motifs is 1. The van der Waals surface area contributed by atoms with E-state index in [1.807, 2.05) is 24.3 Å². The Kier molecular flexibility index (Phi) is 7.41. The zero-order valence-electron chi connectivity index (χ0n) is 17.4. The number of amides is 1. The van der Waals surface area contributed by atoms with Gasteiger partial charge in [-0.2, -0.15) is 5.26 Å². The summed E-state index contributed by atoms with van der Waals surface area (Å²) in [5.41, 5.74) is 11.5. The standard InChI is InChI=1S/C18H16N2O2S.C6H13N/c19-9-18(20-12-21)7-13-1-3-14(4-2-13)15-5-6-16-10-23(22)11-17(16)8-15;1-6(7)4-2-3-5-6/h1-6,8,12,18H,7,10-11H2,(H,20,21);2-5,7H2,1H3/t18-,23?;/m0./s1. The average molecular weight is 424 g/mol. The van der Waals surface area contributed by atoms with Gasteiger partial charge in [0.2, 0.25) is 6.41 Å². The molecule has 3 N–H and O–H groups in total. The molecule has 1 heterocycles. The predicted octanol–water partition coefficient (Wildman–Crippen LogP) is 3.57. The average Bonchev–Trinajstić information content (AvgIpc) is 3.31. The highest BCUT2D eigenvalue weighted by Gasteiger charge is 2.22. The van der Waals surface area contributed by atoms with Gasteiger partial charge in [0, 0.05) is 34.3 Å². The first kappa shape index (κ1) is 22.2. The van der Waals surface area contributed by atoms with Gasteiger partial charge in [0.1, 0.15) is 6.04 Å². The number of hydrogen-bond acceptors (Lipinski definition) is 4. The number of nitrogens with one attached hydrogen (secondary N) is 1. The Labute approximate surface area is 181 Å². The SMILES string of the molecule is CC1(N)CCCC1.N#C[C@H](Cc1ccc(-c2ccc3c(c2)CS(=O)C3)cc1)NC=O. The number of nitrogens with two attached hydrogens (primary N) is 1. The summed E-state index contributed by atoms with van der Waals surface area (Å²) in [6.45, 7) is 2.14. The summed E-state index contributed by atoms with van der Waals surface area (Å²) in [5.74, 6) is 1.30. The van der Waals surface area contributed by atoms with Crippen LogP contribution in [0.3, 0.4) is 0 Å². The fourth-order valence-electron chi connectivity index (χ4n) is 3.95. The van der Waals surface area contributed by atoms with Crippen LogP contribution in [0.15, 0.2) is 42.5 Å². The molecule has 0 saturated heterocycles. The van der Waals surface area contributed by atoms with Crippen molar-refractivity contribution in [2.24, 2.45) is 5.73 Å². The summed E-state index contributed by atoms with van der Waals surface area (Å²) in [6, 6.07) is 15.7. The van der Waals surface area contributed by atoms with Gasteiger partial charge < -0.3 is 11.1 Å². The van der Waals surface area contributed by atoms with Gasteiger partial charge in [-0.05, 0) is 53.6 Å². The number of rotatable bonds is 5. The highest BCUT2D eigenvalue weighted by molar-refractivity contribution is 7.83. The summed E-state index contributed by atoms with van der Waals surface area (Å²) < 4.78 is 11.6. The Balaban J connectivity index is 0.000000310. The zero-order chi connectivity index (χ0) is 21.6. The molecule has 6 heteroatoms. The van der Waals surface area contributed by atoms with Gasteiger partial charge in [0.15, 0.2) is 0 Å². The Morgan fingerprint density at radius 2 is 1.77 bits per heavy atom. The Hall–Kier alpha value is -2.49. The molecular weight excluding hydrogens is 394 g/mol. The van der Waals surface area contributed by atoms with Crippen molar-refractivity contribution in [1.29, 1.82) is 5.26 Å². The first-order valence-electron chi connectivity index (χ1n) is 10.3. The lowest BCUT2D eigenvalue weighted by atomic mass is 9.98. The molecule has 0 radical (unpaired) electrons. The van der Waals surface area contributed by atoms with Gasteiger partial charge in [0.25, 0.3) is 0 Å². The summed E-state index contributed by atoms with van der Waals surface area (Å²) in [4.78, 5) is 10.4. The number of nitriles is 1. The van der Waals surface area contributed by atoms with Crippen molar-refractivity contribution in [3.63, 3.8) is 0 Å². The van der Waals surface area contributed by atoms with Crippen molar-refractivity contribution in [3.8, 4) is 17.2 Å². The summed E-state index contributed by atoms with van der Waals surface area (Å²) in [7, 11) is -0.764. The van der Waals surface area contributed by atoms with Crippen molar-refractivity contribution < 1.29 is 9.00 Å². The molecule has 2 atom stereocenters. The molecule has 1 amide bonds. The first-order chi connectivity index (χ1) is 14.4. The molecule has 0 bridgehead atoms. The van der Waals surface area contributed by atoms with E-state index in [4.69, 9.17) is 11.0 Å². The van der Waals surface area contributed by atoms with Gasteiger partial charge in [-0.25, -0.2) is 0 Å². The van der Waals surface area contributed by atoms with Crippen LogP contribution in [0.5, 0.6) is 0 Å². The monoisotopic (exact) mass is 423 g/mol. The molecule has 4 rings (SSSR count). The van der Waals surface area contributed by atoms with E-state index in [-0.39, 0.29) is 5.54 Å². The van der Waals surface area contributed by atoms with E-state index in [1.54, 1.807) is 0 Å². The lowest BCUT2D eigenvalue weighted by molar-refractivity contribution is -0.109. The second-order valence-electron chi connectivity index (χ2n) is 8.44. The third-order valence-electron chi connectivity index (χ3n) is 5.74. The van der Waals surface area contributed by atoms with Crippen LogP contribution < -0.4 is 11.1 Å². The Morgan fingerprint density at radius 1 is 1.13 bits per heavy atom. The van der Waals surface area contributed by atoms with E-state index in [2.05, 4.69) is 36.5 Å². The quantitative estimate of drug-likeness (QED) is 0.719. The molecule has 1 aliphatic carbocycles. The van der Waals surface area contributed by atoms with E-state index in [0.29, 0.717) is 24.3 Å². The minimum Gasteiger partial charge on any atom is -0.343 e. The molecule has 1 fully saturated rings. The number of carbonyl (C=O) groups excluding carboxylic acids is 1. The van der Waals surface area contributed by atoms with Crippen LogP contribution in [0.1, 0.15) is 49.3 Å². The molecular formula is C24H29N3O2S. The minimum atomic E-state index is -0.764. The van der Waals surface area contributed by atoms with E-state index in [1.165, 1.54) is 36.8 Å². The van der Waals surface area contributed by atoms with E-state index in [0.717, 1.165) is 16.7 Å². The van der Waals surface area contributed by atoms with Gasteiger partial charge in [-0.3, -0.25) is 9.00 Å². The molecule has 158 valence electrons. The molecule has 1 aliphatic heterocycles. The van der Waals surface area contributed by atoms with E-state index in [9.17, 15) is 9.00 Å². The highest BCUT2D eigenvalue weighted by atomic mass is 32.2. The highest BCUT2D eigenvalue weighted by Crippen LogP contribution is 2.28. The maximum absolute atomic E-state index is 11.6. The number of carbonyl (C=O) groups is 1. The molecule has 5 nitrogen and oxygen atoms in total. The Bertz CT molecular complexity index is 940. The molecule has 1 saturated carbocycles. The van der Waals surface area contributed by atoms with Crippen molar-refractivity contribution >= 4 is 17.2 Å². The normalized spacial score (nSPS) is 19.7. The van der Waals surface area contributed by atoms with Gasteiger partial charge in [-0.15, -0.1) is 0 Å². The number of benzene rings is 2. The van der Waals surface area contributed by atoms with Gasteiger partial charge in [0.05, 0.1) is 6.07 Å². The van der Waals surface area contributed by atoms with Crippen molar-refractivity contribution in [2.45, 2.75) is 62.1 Å². The zero-order valence-corrected chi connectivity index (χ0v) is 18.2. The molecule has 0 aromatic heterocycles. The maximum atomic E-state index is 11.6. The third kappa shape index (κ3) is 6.01. The van der Waals surface area contributed by atoms with Gasteiger partial charge >= 0.3 is 0 Å². The van der Waals surface area contributed by atoms with Crippen LogP contribution in [-0.4, -0.2) is 22.2 Å². The number of hydrogen-bond donors (Lipinski definition) is 2. The summed E-state index contributed by atoms with van der Waals surface area (Å²) in [6.07, 6.45) is 6.18. The maximum Gasteiger partial charge on any atom is 0.208 e. The summed E-state index contributed by atoms with van der Waals surface area (Å²) >= 11 is 0. The molecule has 2 aliphatic rings. The lowest BCUT2D eigenvalue weighted by Crippen LogP contribution is -2.31. The fraction of sp³-hybridized carbons (Fsp3) is 0.417. The largest absolute Gasteiger partial charge is 0.343 e. The van der Waals surface area contributed by atoms with Crippen molar-refractivity contribution in [1.82, 2.24) is 5.32 Å². The van der Waals surface area contributed by atoms with Crippen molar-refractivity contribution in [2.75, 3.05) is 0 Å². The number of nitrogens with zero attached hydrogens (tertiary/aromatic N) is 1. The van der Waals surface area contributed by atoms with Gasteiger partial charge in [-0.1, -0.05) is 49.2 Å². The molecule has 2 aromatic rings. The van der Waals surface area contributed by atoms with Crippen LogP contribution in [-0.2, 0) is 33.5 Å². The minimum absolute atomic E-state index is 0.194. The van der Waals surface area contributed by atoms with E-state index >= 15 is 0 Å². The second kappa shape index (κ2) is 10.0. The van der Waals surface area contributed by atoms with Crippen LogP contribution in [0.4, 0.5) is 0 Å². The van der Waals surface area contributed by atoms with Crippen LogP contribution >= 0.6 is 0 Å². The molecule has 1 unspecified atom stereocenters. The predicted molar refractivity (Wildman–Crippen MR) is 121 cm³/mol.